The fourth-order valence-corrected chi connectivity index (χ4v) is 3.33. The monoisotopic (exact) mass is 390 g/mol. The largest absolute Gasteiger partial charge is 0.493 e. The molecule has 3 rings (SSSR count). The van der Waals surface area contributed by atoms with E-state index in [9.17, 15) is 9.90 Å². The Morgan fingerprint density at radius 2 is 1.59 bits per heavy atom. The van der Waals surface area contributed by atoms with Crippen molar-refractivity contribution >= 4 is 5.97 Å². The van der Waals surface area contributed by atoms with E-state index in [-0.39, 0.29) is 0 Å². The molecule has 0 aliphatic rings. The minimum Gasteiger partial charge on any atom is -0.493 e. The molecule has 0 bridgehead atoms. The molecule has 3 aromatic carbocycles. The van der Waals surface area contributed by atoms with Crippen LogP contribution in [0.3, 0.4) is 0 Å². The van der Waals surface area contributed by atoms with Crippen LogP contribution in [0.15, 0.2) is 78.9 Å². The molecule has 4 nitrogen and oxygen atoms in total. The smallest absolute Gasteiger partial charge is 0.311 e. The number of aryl methyl sites for hydroxylation is 1. The van der Waals surface area contributed by atoms with E-state index in [1.54, 1.807) is 7.11 Å². The number of ether oxygens (including phenoxy) is 2. The molecule has 3 aromatic rings. The zero-order valence-electron chi connectivity index (χ0n) is 16.6. The molecule has 0 radical (unpaired) electrons. The summed E-state index contributed by atoms with van der Waals surface area (Å²) in [6.45, 7) is 0.590. The molecule has 0 amide bonds. The summed E-state index contributed by atoms with van der Waals surface area (Å²) in [4.78, 5) is 11.8. The van der Waals surface area contributed by atoms with Crippen LogP contribution in [-0.4, -0.2) is 24.8 Å². The molecule has 1 N–H and O–H groups in total. The molecule has 0 heterocycles. The van der Waals surface area contributed by atoms with Gasteiger partial charge in [-0.3, -0.25) is 4.79 Å². The summed E-state index contributed by atoms with van der Waals surface area (Å²) in [5.74, 6) is -0.134. The van der Waals surface area contributed by atoms with Crippen LogP contribution in [0.1, 0.15) is 29.0 Å². The molecule has 0 spiro atoms. The summed E-state index contributed by atoms with van der Waals surface area (Å²) in [6, 6.07) is 25.3. The molecular weight excluding hydrogens is 364 g/mol. The number of carboxylic acid groups (broad SMARTS) is 1. The highest BCUT2D eigenvalue weighted by Gasteiger charge is 2.20. The molecule has 0 aliphatic carbocycles. The van der Waals surface area contributed by atoms with Crippen molar-refractivity contribution in [1.29, 1.82) is 0 Å². The highest BCUT2D eigenvalue weighted by atomic mass is 16.5. The maximum atomic E-state index is 11.8. The first-order valence-corrected chi connectivity index (χ1v) is 9.79. The molecule has 1 atom stereocenters. The van der Waals surface area contributed by atoms with Crippen molar-refractivity contribution in [1.82, 2.24) is 0 Å². The van der Waals surface area contributed by atoms with E-state index >= 15 is 0 Å². The van der Waals surface area contributed by atoms with Crippen LogP contribution < -0.4 is 9.47 Å². The van der Waals surface area contributed by atoms with Gasteiger partial charge in [-0.25, -0.2) is 0 Å². The zero-order chi connectivity index (χ0) is 20.5. The van der Waals surface area contributed by atoms with E-state index in [4.69, 9.17) is 9.47 Å². The summed E-state index contributed by atoms with van der Waals surface area (Å²) >= 11 is 0. The predicted molar refractivity (Wildman–Crippen MR) is 114 cm³/mol. The summed E-state index contributed by atoms with van der Waals surface area (Å²) in [5.41, 5.74) is 2.98. The number of hydrogen-bond donors (Lipinski definition) is 1. The third kappa shape index (κ3) is 5.85. The van der Waals surface area contributed by atoms with Gasteiger partial charge in [-0.2, -0.15) is 0 Å². The first-order valence-electron chi connectivity index (χ1n) is 9.79. The van der Waals surface area contributed by atoms with Crippen LogP contribution in [0.2, 0.25) is 0 Å². The van der Waals surface area contributed by atoms with E-state index in [0.29, 0.717) is 24.5 Å². The first kappa shape index (κ1) is 20.5. The maximum Gasteiger partial charge on any atom is 0.311 e. The third-order valence-electron chi connectivity index (χ3n) is 4.88. The lowest BCUT2D eigenvalue weighted by molar-refractivity contribution is -0.138. The van der Waals surface area contributed by atoms with Gasteiger partial charge in [0.25, 0.3) is 0 Å². The SMILES string of the molecule is COc1cc(CC(C(=O)O)c2ccccc2)ccc1OCCCc1ccccc1. The Kier molecular flexibility index (Phi) is 7.28. The van der Waals surface area contributed by atoms with Crippen LogP contribution in [0.4, 0.5) is 0 Å². The van der Waals surface area contributed by atoms with Crippen molar-refractivity contribution in [2.45, 2.75) is 25.2 Å². The molecule has 0 aliphatic heterocycles. The summed E-state index contributed by atoms with van der Waals surface area (Å²) in [7, 11) is 1.60. The first-order chi connectivity index (χ1) is 14.2. The highest BCUT2D eigenvalue weighted by molar-refractivity contribution is 5.76. The van der Waals surface area contributed by atoms with Gasteiger partial charge in [-0.05, 0) is 48.1 Å². The van der Waals surface area contributed by atoms with Crippen molar-refractivity contribution in [3.8, 4) is 11.5 Å². The molecule has 0 saturated carbocycles. The van der Waals surface area contributed by atoms with E-state index in [0.717, 1.165) is 24.0 Å². The number of hydrogen-bond acceptors (Lipinski definition) is 3. The van der Waals surface area contributed by atoms with Crippen molar-refractivity contribution in [3.63, 3.8) is 0 Å². The lowest BCUT2D eigenvalue weighted by Crippen LogP contribution is -2.14. The minimum atomic E-state index is -0.837. The summed E-state index contributed by atoms with van der Waals surface area (Å²) in [6.07, 6.45) is 2.26. The molecule has 0 aromatic heterocycles. The van der Waals surface area contributed by atoms with Crippen molar-refractivity contribution < 1.29 is 19.4 Å². The summed E-state index contributed by atoms with van der Waals surface area (Å²) in [5, 5.41) is 9.65. The lowest BCUT2D eigenvalue weighted by Gasteiger charge is -2.15. The topological polar surface area (TPSA) is 55.8 Å². The van der Waals surface area contributed by atoms with Gasteiger partial charge >= 0.3 is 5.97 Å². The normalized spacial score (nSPS) is 11.6. The zero-order valence-corrected chi connectivity index (χ0v) is 16.6. The number of aliphatic carboxylic acids is 1. The summed E-state index contributed by atoms with van der Waals surface area (Å²) < 4.78 is 11.4. The van der Waals surface area contributed by atoms with Gasteiger partial charge < -0.3 is 14.6 Å². The standard InChI is InChI=1S/C25H26O4/c1-28-24-18-20(17-22(25(26)27)21-12-6-3-7-13-21)14-15-23(24)29-16-8-11-19-9-4-2-5-10-19/h2-7,9-10,12-15,18,22H,8,11,16-17H2,1H3,(H,26,27). The average molecular weight is 390 g/mol. The van der Waals surface area contributed by atoms with Crippen LogP contribution in [-0.2, 0) is 17.6 Å². The Labute approximate surface area is 171 Å². The second-order valence-corrected chi connectivity index (χ2v) is 6.93. The molecule has 0 saturated heterocycles. The number of methoxy groups -OCH3 is 1. The van der Waals surface area contributed by atoms with E-state index in [2.05, 4.69) is 12.1 Å². The third-order valence-corrected chi connectivity index (χ3v) is 4.88. The van der Waals surface area contributed by atoms with Crippen LogP contribution >= 0.6 is 0 Å². The Balaban J connectivity index is 1.62. The number of benzene rings is 3. The Morgan fingerprint density at radius 1 is 0.897 bits per heavy atom. The van der Waals surface area contributed by atoms with Gasteiger partial charge in [0.1, 0.15) is 0 Å². The molecule has 1 unspecified atom stereocenters. The fourth-order valence-electron chi connectivity index (χ4n) is 3.33. The van der Waals surface area contributed by atoms with E-state index < -0.39 is 11.9 Å². The van der Waals surface area contributed by atoms with Crippen molar-refractivity contribution in [2.75, 3.05) is 13.7 Å². The molecule has 29 heavy (non-hydrogen) atoms. The Hall–Kier alpha value is -3.27. The van der Waals surface area contributed by atoms with E-state index in [1.807, 2.05) is 66.7 Å². The predicted octanol–water partition coefficient (Wildman–Crippen LogP) is 5.12. The highest BCUT2D eigenvalue weighted by Crippen LogP contribution is 2.31. The second kappa shape index (κ2) is 10.3. The van der Waals surface area contributed by atoms with Gasteiger partial charge in [0.2, 0.25) is 0 Å². The van der Waals surface area contributed by atoms with Gasteiger partial charge in [0.05, 0.1) is 19.6 Å². The van der Waals surface area contributed by atoms with Gasteiger partial charge in [-0.15, -0.1) is 0 Å². The maximum absolute atomic E-state index is 11.8. The Morgan fingerprint density at radius 3 is 2.24 bits per heavy atom. The minimum absolute atomic E-state index is 0.393. The van der Waals surface area contributed by atoms with Crippen LogP contribution in [0, 0.1) is 0 Å². The van der Waals surface area contributed by atoms with Crippen molar-refractivity contribution in [3.05, 3.63) is 95.6 Å². The van der Waals surface area contributed by atoms with Gasteiger partial charge in [0, 0.05) is 0 Å². The van der Waals surface area contributed by atoms with Crippen LogP contribution in [0.25, 0.3) is 0 Å². The van der Waals surface area contributed by atoms with E-state index in [1.165, 1.54) is 5.56 Å². The molecule has 150 valence electrons. The number of carbonyl (C=O) groups is 1. The number of rotatable bonds is 10. The fraction of sp³-hybridized carbons (Fsp3) is 0.240. The lowest BCUT2D eigenvalue weighted by atomic mass is 9.92. The average Bonchev–Trinajstić information content (AvgIpc) is 2.76. The second-order valence-electron chi connectivity index (χ2n) is 6.93. The Bertz CT molecular complexity index is 907. The molecule has 4 heteroatoms. The van der Waals surface area contributed by atoms with Gasteiger partial charge in [0.15, 0.2) is 11.5 Å². The van der Waals surface area contributed by atoms with Crippen molar-refractivity contribution in [2.24, 2.45) is 0 Å². The van der Waals surface area contributed by atoms with Crippen LogP contribution in [0.5, 0.6) is 11.5 Å². The quantitative estimate of drug-likeness (QED) is 0.488. The molecular formula is C25H26O4. The number of carboxylic acids is 1. The molecule has 0 fully saturated rings. The van der Waals surface area contributed by atoms with Gasteiger partial charge in [-0.1, -0.05) is 66.7 Å².